The highest BCUT2D eigenvalue weighted by atomic mass is 35.5. The van der Waals surface area contributed by atoms with Gasteiger partial charge in [0.15, 0.2) is 0 Å². The fraction of sp³-hybridized carbons (Fsp3) is 0.818. The molecular formula is C11H18ClNO3. The van der Waals surface area contributed by atoms with Crippen LogP contribution in [0.15, 0.2) is 0 Å². The Labute approximate surface area is 101 Å². The van der Waals surface area contributed by atoms with Gasteiger partial charge in [0.2, 0.25) is 5.91 Å². The third kappa shape index (κ3) is 3.37. The van der Waals surface area contributed by atoms with Crippen LogP contribution in [0.3, 0.4) is 0 Å². The Hall–Kier alpha value is -0.770. The number of likely N-dealkylation sites (tertiary alicyclic amines) is 1. The number of amides is 1. The third-order valence-corrected chi connectivity index (χ3v) is 3.28. The maximum Gasteiger partial charge on any atom is 0.326 e. The summed E-state index contributed by atoms with van der Waals surface area (Å²) in [7, 11) is 0. The van der Waals surface area contributed by atoms with Gasteiger partial charge in [0.05, 0.1) is 6.54 Å². The highest BCUT2D eigenvalue weighted by molar-refractivity contribution is 6.33. The molecule has 5 heteroatoms. The standard InChI is InChI=1S/C11H18ClNO3/c1-3-11(2,12)10(15)16-8-7-13-6-4-5-9(13)14/h3-8H2,1-2H3. The van der Waals surface area contributed by atoms with Crippen LogP contribution in [-0.2, 0) is 14.3 Å². The molecule has 1 unspecified atom stereocenters. The van der Waals surface area contributed by atoms with Crippen molar-refractivity contribution in [1.82, 2.24) is 4.90 Å². The number of carbonyl (C=O) groups excluding carboxylic acids is 2. The van der Waals surface area contributed by atoms with Gasteiger partial charge in [-0.3, -0.25) is 9.59 Å². The Morgan fingerprint density at radius 3 is 2.81 bits per heavy atom. The van der Waals surface area contributed by atoms with Crippen molar-refractivity contribution in [1.29, 1.82) is 0 Å². The van der Waals surface area contributed by atoms with Gasteiger partial charge in [0.25, 0.3) is 0 Å². The lowest BCUT2D eigenvalue weighted by atomic mass is 10.1. The van der Waals surface area contributed by atoms with Crippen molar-refractivity contribution in [3.8, 4) is 0 Å². The van der Waals surface area contributed by atoms with Crippen molar-refractivity contribution in [2.75, 3.05) is 19.7 Å². The fourth-order valence-electron chi connectivity index (χ4n) is 1.48. The summed E-state index contributed by atoms with van der Waals surface area (Å²) < 4.78 is 5.04. The van der Waals surface area contributed by atoms with Crippen molar-refractivity contribution in [3.05, 3.63) is 0 Å². The van der Waals surface area contributed by atoms with Gasteiger partial charge in [-0.25, -0.2) is 0 Å². The molecular weight excluding hydrogens is 230 g/mol. The lowest BCUT2D eigenvalue weighted by molar-refractivity contribution is -0.148. The number of esters is 1. The minimum Gasteiger partial charge on any atom is -0.463 e. The van der Waals surface area contributed by atoms with Crippen molar-refractivity contribution in [3.63, 3.8) is 0 Å². The van der Waals surface area contributed by atoms with E-state index in [4.69, 9.17) is 16.3 Å². The first-order valence-corrected chi connectivity index (χ1v) is 5.99. The van der Waals surface area contributed by atoms with E-state index in [0.29, 0.717) is 19.4 Å². The predicted octanol–water partition coefficient (Wildman–Crippen LogP) is 1.56. The molecule has 1 fully saturated rings. The van der Waals surface area contributed by atoms with Crippen LogP contribution in [0.4, 0.5) is 0 Å². The summed E-state index contributed by atoms with van der Waals surface area (Å²) in [5.74, 6) is -0.275. The molecule has 1 heterocycles. The van der Waals surface area contributed by atoms with Crippen LogP contribution in [0.1, 0.15) is 33.1 Å². The SMILES string of the molecule is CCC(C)(Cl)C(=O)OCCN1CCCC1=O. The van der Waals surface area contributed by atoms with Gasteiger partial charge >= 0.3 is 5.97 Å². The quantitative estimate of drug-likeness (QED) is 0.547. The molecule has 92 valence electrons. The molecule has 4 nitrogen and oxygen atoms in total. The Kier molecular flexibility index (Phi) is 4.59. The number of hydrogen-bond acceptors (Lipinski definition) is 3. The Bertz CT molecular complexity index is 278. The molecule has 0 spiro atoms. The highest BCUT2D eigenvalue weighted by Crippen LogP contribution is 2.20. The first-order valence-electron chi connectivity index (χ1n) is 5.61. The smallest absolute Gasteiger partial charge is 0.326 e. The molecule has 0 aromatic heterocycles. The van der Waals surface area contributed by atoms with E-state index in [1.165, 1.54) is 0 Å². The van der Waals surface area contributed by atoms with Gasteiger partial charge in [-0.2, -0.15) is 0 Å². The van der Waals surface area contributed by atoms with E-state index in [9.17, 15) is 9.59 Å². The molecule has 0 aromatic rings. The van der Waals surface area contributed by atoms with Crippen LogP contribution in [0.2, 0.25) is 0 Å². The molecule has 16 heavy (non-hydrogen) atoms. The summed E-state index contributed by atoms with van der Waals surface area (Å²) in [5.41, 5.74) is 0. The lowest BCUT2D eigenvalue weighted by Gasteiger charge is -2.20. The van der Waals surface area contributed by atoms with Gasteiger partial charge in [-0.1, -0.05) is 6.92 Å². The van der Waals surface area contributed by atoms with Crippen molar-refractivity contribution >= 4 is 23.5 Å². The molecule has 0 bridgehead atoms. The average molecular weight is 248 g/mol. The van der Waals surface area contributed by atoms with Gasteiger partial charge in [-0.15, -0.1) is 11.6 Å². The number of alkyl halides is 1. The van der Waals surface area contributed by atoms with Gasteiger partial charge in [0, 0.05) is 13.0 Å². The number of carbonyl (C=O) groups is 2. The van der Waals surface area contributed by atoms with Crippen molar-refractivity contribution in [2.24, 2.45) is 0 Å². The molecule has 1 atom stereocenters. The Morgan fingerprint density at radius 2 is 2.31 bits per heavy atom. The molecule has 1 aliphatic heterocycles. The van der Waals surface area contributed by atoms with Crippen LogP contribution >= 0.6 is 11.6 Å². The Balaban J connectivity index is 2.25. The zero-order valence-corrected chi connectivity index (χ0v) is 10.5. The summed E-state index contributed by atoms with van der Waals surface area (Å²) in [5, 5.41) is 0. The lowest BCUT2D eigenvalue weighted by Crippen LogP contribution is -2.34. The van der Waals surface area contributed by atoms with Crippen LogP contribution < -0.4 is 0 Å². The molecule has 0 aliphatic carbocycles. The second kappa shape index (κ2) is 5.53. The van der Waals surface area contributed by atoms with Gasteiger partial charge in [0.1, 0.15) is 11.5 Å². The maximum atomic E-state index is 11.5. The summed E-state index contributed by atoms with van der Waals surface area (Å²) in [6.45, 7) is 4.94. The summed E-state index contributed by atoms with van der Waals surface area (Å²) in [6, 6.07) is 0. The zero-order valence-electron chi connectivity index (χ0n) is 9.79. The molecule has 0 aromatic carbocycles. The van der Waals surface area contributed by atoms with E-state index in [0.717, 1.165) is 13.0 Å². The molecule has 0 N–H and O–H groups in total. The minimum absolute atomic E-state index is 0.139. The summed E-state index contributed by atoms with van der Waals surface area (Å²) in [6.07, 6.45) is 2.03. The van der Waals surface area contributed by atoms with E-state index in [1.807, 2.05) is 6.92 Å². The summed E-state index contributed by atoms with van der Waals surface area (Å²) in [4.78, 5) is 23.5. The van der Waals surface area contributed by atoms with Gasteiger partial charge < -0.3 is 9.64 Å². The molecule has 1 saturated heterocycles. The van der Waals surface area contributed by atoms with E-state index < -0.39 is 10.8 Å². The van der Waals surface area contributed by atoms with E-state index in [-0.39, 0.29) is 12.5 Å². The second-order valence-corrected chi connectivity index (χ2v) is 5.01. The number of nitrogens with zero attached hydrogens (tertiary/aromatic N) is 1. The van der Waals surface area contributed by atoms with Gasteiger partial charge in [-0.05, 0) is 19.8 Å². The Morgan fingerprint density at radius 1 is 1.62 bits per heavy atom. The predicted molar refractivity (Wildman–Crippen MR) is 61.3 cm³/mol. The third-order valence-electron chi connectivity index (χ3n) is 2.86. The first kappa shape index (κ1) is 13.3. The van der Waals surface area contributed by atoms with Crippen LogP contribution in [0.5, 0.6) is 0 Å². The minimum atomic E-state index is -0.949. The largest absolute Gasteiger partial charge is 0.463 e. The van der Waals surface area contributed by atoms with Crippen LogP contribution in [-0.4, -0.2) is 41.3 Å². The normalized spacial score (nSPS) is 19.7. The van der Waals surface area contributed by atoms with E-state index in [2.05, 4.69) is 0 Å². The number of hydrogen-bond donors (Lipinski definition) is 0. The molecule has 0 saturated carbocycles. The maximum absolute atomic E-state index is 11.5. The average Bonchev–Trinajstić information content (AvgIpc) is 2.64. The topological polar surface area (TPSA) is 46.6 Å². The van der Waals surface area contributed by atoms with Crippen LogP contribution in [0, 0.1) is 0 Å². The monoisotopic (exact) mass is 247 g/mol. The zero-order chi connectivity index (χ0) is 12.2. The number of ether oxygens (including phenoxy) is 1. The summed E-state index contributed by atoms with van der Waals surface area (Å²) >= 11 is 5.94. The number of halogens is 1. The molecule has 1 aliphatic rings. The molecule has 1 rings (SSSR count). The molecule has 0 radical (unpaired) electrons. The van der Waals surface area contributed by atoms with E-state index >= 15 is 0 Å². The van der Waals surface area contributed by atoms with Crippen molar-refractivity contribution in [2.45, 2.75) is 38.0 Å². The van der Waals surface area contributed by atoms with E-state index in [1.54, 1.807) is 11.8 Å². The number of rotatable bonds is 5. The molecule has 1 amide bonds. The fourth-order valence-corrected chi connectivity index (χ4v) is 1.54. The second-order valence-electron chi connectivity index (χ2n) is 4.17. The van der Waals surface area contributed by atoms with Crippen LogP contribution in [0.25, 0.3) is 0 Å². The highest BCUT2D eigenvalue weighted by Gasteiger charge is 2.30. The first-order chi connectivity index (χ1) is 7.47. The van der Waals surface area contributed by atoms with Crippen molar-refractivity contribution < 1.29 is 14.3 Å².